The summed E-state index contributed by atoms with van der Waals surface area (Å²) in [6.45, 7) is 1.33. The van der Waals surface area contributed by atoms with E-state index < -0.39 is 5.97 Å². The Balaban J connectivity index is 3.01. The average molecular weight is 282 g/mol. The Kier molecular flexibility index (Phi) is 5.37. The third-order valence-corrected chi connectivity index (χ3v) is 2.67. The summed E-state index contributed by atoms with van der Waals surface area (Å²) in [7, 11) is 0. The van der Waals surface area contributed by atoms with E-state index in [9.17, 15) is 14.4 Å². The second-order valence-corrected chi connectivity index (χ2v) is 4.59. The smallest absolute Gasteiger partial charge is 0.337 e. The summed E-state index contributed by atoms with van der Waals surface area (Å²) in [4.78, 5) is 33.5. The maximum absolute atomic E-state index is 11.5. The van der Waals surface area contributed by atoms with Crippen LogP contribution in [0, 0.1) is 0 Å². The first kappa shape index (κ1) is 15.0. The van der Waals surface area contributed by atoms with Crippen LogP contribution in [0.4, 0.5) is 11.4 Å². The molecule has 19 heavy (non-hydrogen) atoms. The van der Waals surface area contributed by atoms with Gasteiger partial charge in [0.2, 0.25) is 11.8 Å². The Morgan fingerprint density at radius 3 is 2.47 bits per heavy atom. The SMILES string of the molecule is CSCC(=O)Nc1ccc(NC(C)=O)cc1C(=O)O. The Morgan fingerprint density at radius 2 is 1.95 bits per heavy atom. The molecule has 7 heteroatoms. The van der Waals surface area contributed by atoms with Crippen molar-refractivity contribution >= 4 is 40.9 Å². The van der Waals surface area contributed by atoms with Crippen molar-refractivity contribution in [1.82, 2.24) is 0 Å². The van der Waals surface area contributed by atoms with Crippen LogP contribution in [0.25, 0.3) is 0 Å². The molecule has 0 heterocycles. The van der Waals surface area contributed by atoms with E-state index in [1.807, 2.05) is 0 Å². The monoisotopic (exact) mass is 282 g/mol. The molecule has 0 spiro atoms. The summed E-state index contributed by atoms with van der Waals surface area (Å²) in [6, 6.07) is 4.29. The van der Waals surface area contributed by atoms with E-state index in [-0.39, 0.29) is 28.8 Å². The van der Waals surface area contributed by atoms with Crippen molar-refractivity contribution in [2.24, 2.45) is 0 Å². The summed E-state index contributed by atoms with van der Waals surface area (Å²) in [5.41, 5.74) is 0.508. The van der Waals surface area contributed by atoms with Crippen molar-refractivity contribution in [3.05, 3.63) is 23.8 Å². The number of aromatic carboxylic acids is 1. The van der Waals surface area contributed by atoms with Crippen LogP contribution >= 0.6 is 11.8 Å². The van der Waals surface area contributed by atoms with E-state index in [0.717, 1.165) is 0 Å². The predicted molar refractivity (Wildman–Crippen MR) is 74.7 cm³/mol. The molecule has 0 aliphatic heterocycles. The second-order valence-electron chi connectivity index (χ2n) is 3.73. The average Bonchev–Trinajstić information content (AvgIpc) is 2.30. The largest absolute Gasteiger partial charge is 0.478 e. The molecule has 6 nitrogen and oxygen atoms in total. The lowest BCUT2D eigenvalue weighted by Crippen LogP contribution is -2.17. The Labute approximate surface area is 114 Å². The molecule has 0 aromatic heterocycles. The minimum Gasteiger partial charge on any atom is -0.478 e. The Morgan fingerprint density at radius 1 is 1.26 bits per heavy atom. The van der Waals surface area contributed by atoms with Crippen LogP contribution in [-0.2, 0) is 9.59 Å². The molecular formula is C12H14N2O4S. The molecule has 1 rings (SSSR count). The van der Waals surface area contributed by atoms with Gasteiger partial charge in [0.05, 0.1) is 17.0 Å². The van der Waals surface area contributed by atoms with Crippen molar-refractivity contribution in [2.45, 2.75) is 6.92 Å². The summed E-state index contributed by atoms with van der Waals surface area (Å²) in [6.07, 6.45) is 1.78. The number of benzene rings is 1. The topological polar surface area (TPSA) is 95.5 Å². The van der Waals surface area contributed by atoms with Gasteiger partial charge in [-0.25, -0.2) is 4.79 Å². The molecule has 1 aromatic rings. The maximum atomic E-state index is 11.5. The fourth-order valence-electron chi connectivity index (χ4n) is 1.43. The van der Waals surface area contributed by atoms with Gasteiger partial charge in [-0.15, -0.1) is 0 Å². The molecule has 2 amide bonds. The van der Waals surface area contributed by atoms with E-state index in [2.05, 4.69) is 10.6 Å². The molecule has 0 atom stereocenters. The van der Waals surface area contributed by atoms with Crippen molar-refractivity contribution in [2.75, 3.05) is 22.6 Å². The maximum Gasteiger partial charge on any atom is 0.337 e. The molecular weight excluding hydrogens is 268 g/mol. The van der Waals surface area contributed by atoms with Crippen LogP contribution in [-0.4, -0.2) is 34.9 Å². The van der Waals surface area contributed by atoms with Crippen LogP contribution in [0.1, 0.15) is 17.3 Å². The summed E-state index contributed by atoms with van der Waals surface area (Å²) in [5.74, 6) is -1.50. The zero-order valence-corrected chi connectivity index (χ0v) is 11.3. The molecule has 0 fully saturated rings. The van der Waals surface area contributed by atoms with Crippen LogP contribution < -0.4 is 10.6 Å². The third-order valence-electron chi connectivity index (χ3n) is 2.12. The minimum atomic E-state index is -1.17. The molecule has 0 saturated carbocycles. The van der Waals surface area contributed by atoms with Gasteiger partial charge >= 0.3 is 5.97 Å². The molecule has 0 unspecified atom stereocenters. The summed E-state index contributed by atoms with van der Waals surface area (Å²) in [5, 5.41) is 14.1. The lowest BCUT2D eigenvalue weighted by atomic mass is 10.1. The molecule has 102 valence electrons. The minimum absolute atomic E-state index is 0.0688. The van der Waals surface area contributed by atoms with Gasteiger partial charge in [-0.2, -0.15) is 11.8 Å². The number of carboxylic acid groups (broad SMARTS) is 1. The number of rotatable bonds is 5. The number of anilines is 2. The normalized spacial score (nSPS) is 9.79. The number of amides is 2. The lowest BCUT2D eigenvalue weighted by molar-refractivity contribution is -0.114. The van der Waals surface area contributed by atoms with Crippen LogP contribution in [0.3, 0.4) is 0 Å². The highest BCUT2D eigenvalue weighted by Gasteiger charge is 2.13. The second kappa shape index (κ2) is 6.79. The fraction of sp³-hybridized carbons (Fsp3) is 0.250. The van der Waals surface area contributed by atoms with Crippen molar-refractivity contribution in [3.63, 3.8) is 0 Å². The van der Waals surface area contributed by atoms with Crippen LogP contribution in [0.15, 0.2) is 18.2 Å². The zero-order chi connectivity index (χ0) is 14.4. The Hall–Kier alpha value is -2.02. The lowest BCUT2D eigenvalue weighted by Gasteiger charge is -2.10. The number of carbonyl (C=O) groups is 3. The number of hydrogen-bond donors (Lipinski definition) is 3. The van der Waals surface area contributed by atoms with Crippen molar-refractivity contribution < 1.29 is 19.5 Å². The number of thioether (sulfide) groups is 1. The Bertz CT molecular complexity index is 516. The summed E-state index contributed by atoms with van der Waals surface area (Å²) < 4.78 is 0. The zero-order valence-electron chi connectivity index (χ0n) is 10.5. The highest BCUT2D eigenvalue weighted by Crippen LogP contribution is 2.21. The standard InChI is InChI=1S/C12H14N2O4S/c1-7(15)13-8-3-4-10(9(5-8)12(17)18)14-11(16)6-19-2/h3-5H,6H2,1-2H3,(H,13,15)(H,14,16)(H,17,18). The first-order valence-corrected chi connectivity index (χ1v) is 6.77. The number of nitrogens with one attached hydrogen (secondary N) is 2. The van der Waals surface area contributed by atoms with Gasteiger partial charge in [-0.3, -0.25) is 9.59 Å². The fourth-order valence-corrected chi connectivity index (χ4v) is 1.76. The first-order valence-electron chi connectivity index (χ1n) is 5.37. The van der Waals surface area contributed by atoms with Gasteiger partial charge in [-0.1, -0.05) is 0 Å². The predicted octanol–water partition coefficient (Wildman–Crippen LogP) is 1.64. The van der Waals surface area contributed by atoms with Crippen molar-refractivity contribution in [1.29, 1.82) is 0 Å². The van der Waals surface area contributed by atoms with E-state index in [4.69, 9.17) is 5.11 Å². The highest BCUT2D eigenvalue weighted by molar-refractivity contribution is 7.99. The van der Waals surface area contributed by atoms with E-state index in [1.54, 1.807) is 6.26 Å². The highest BCUT2D eigenvalue weighted by atomic mass is 32.2. The van der Waals surface area contributed by atoms with Gasteiger partial charge in [0, 0.05) is 12.6 Å². The van der Waals surface area contributed by atoms with Gasteiger partial charge in [0.15, 0.2) is 0 Å². The van der Waals surface area contributed by atoms with Crippen molar-refractivity contribution in [3.8, 4) is 0 Å². The first-order chi connectivity index (χ1) is 8.93. The quantitative estimate of drug-likeness (QED) is 0.763. The van der Waals surface area contributed by atoms with Gasteiger partial charge in [0.1, 0.15) is 0 Å². The van der Waals surface area contributed by atoms with Gasteiger partial charge in [-0.05, 0) is 24.5 Å². The van der Waals surface area contributed by atoms with E-state index in [1.165, 1.54) is 36.9 Å². The van der Waals surface area contributed by atoms with E-state index >= 15 is 0 Å². The molecule has 0 saturated heterocycles. The molecule has 1 aromatic carbocycles. The van der Waals surface area contributed by atoms with Crippen LogP contribution in [0.5, 0.6) is 0 Å². The number of carbonyl (C=O) groups excluding carboxylic acids is 2. The molecule has 3 N–H and O–H groups in total. The summed E-state index contributed by atoms with van der Waals surface area (Å²) >= 11 is 1.34. The molecule has 0 bridgehead atoms. The van der Waals surface area contributed by atoms with Gasteiger partial charge in [0.25, 0.3) is 0 Å². The van der Waals surface area contributed by atoms with E-state index in [0.29, 0.717) is 5.69 Å². The number of hydrogen-bond acceptors (Lipinski definition) is 4. The number of carboxylic acids is 1. The molecule has 0 aliphatic carbocycles. The molecule has 0 aliphatic rings. The van der Waals surface area contributed by atoms with Gasteiger partial charge < -0.3 is 15.7 Å². The third kappa shape index (κ3) is 4.63. The molecule has 0 radical (unpaired) electrons. The van der Waals surface area contributed by atoms with Crippen LogP contribution in [0.2, 0.25) is 0 Å².